The van der Waals surface area contributed by atoms with E-state index in [1.54, 1.807) is 29.5 Å². The number of carbonyl (C=O) groups excluding carboxylic acids is 1. The molecule has 0 aliphatic heterocycles. The Bertz CT molecular complexity index is 1200. The summed E-state index contributed by atoms with van der Waals surface area (Å²) >= 11 is 3.14. The van der Waals surface area contributed by atoms with Gasteiger partial charge in [-0.2, -0.15) is 0 Å². The van der Waals surface area contributed by atoms with Gasteiger partial charge in [0.05, 0.1) is 4.88 Å². The number of benzene rings is 2. The molecule has 4 rings (SSSR count). The Morgan fingerprint density at radius 2 is 1.94 bits per heavy atom. The summed E-state index contributed by atoms with van der Waals surface area (Å²) in [6, 6.07) is 17.6. The third kappa shape index (κ3) is 5.15. The van der Waals surface area contributed by atoms with Gasteiger partial charge in [0, 0.05) is 24.4 Å². The van der Waals surface area contributed by atoms with Crippen LogP contribution in [0.1, 0.15) is 21.5 Å². The normalized spacial score (nSPS) is 10.8. The van der Waals surface area contributed by atoms with E-state index >= 15 is 0 Å². The van der Waals surface area contributed by atoms with Crippen molar-refractivity contribution in [1.82, 2.24) is 20.1 Å². The molecule has 8 heteroatoms. The molecule has 0 radical (unpaired) electrons. The van der Waals surface area contributed by atoms with Crippen LogP contribution in [0.4, 0.5) is 4.39 Å². The minimum atomic E-state index is -0.297. The maximum atomic E-state index is 13.1. The van der Waals surface area contributed by atoms with Crippen LogP contribution >= 0.6 is 23.1 Å². The number of nitrogens with one attached hydrogen (secondary N) is 1. The molecule has 1 amide bonds. The fourth-order valence-corrected chi connectivity index (χ4v) is 4.84. The van der Waals surface area contributed by atoms with Crippen molar-refractivity contribution in [2.45, 2.75) is 24.0 Å². The van der Waals surface area contributed by atoms with E-state index in [9.17, 15) is 9.18 Å². The maximum absolute atomic E-state index is 13.1. The van der Waals surface area contributed by atoms with Crippen molar-refractivity contribution >= 4 is 29.0 Å². The Morgan fingerprint density at radius 3 is 2.69 bits per heavy atom. The summed E-state index contributed by atoms with van der Waals surface area (Å²) in [5.41, 5.74) is 2.35. The van der Waals surface area contributed by atoms with Crippen molar-refractivity contribution in [3.63, 3.8) is 0 Å². The Hall–Kier alpha value is -3.23. The van der Waals surface area contributed by atoms with Crippen LogP contribution in [0.3, 0.4) is 0 Å². The number of carbonyl (C=O) groups is 1. The molecule has 0 aliphatic carbocycles. The lowest BCUT2D eigenvalue weighted by molar-refractivity contribution is 0.0950. The van der Waals surface area contributed by atoms with Crippen LogP contribution < -0.4 is 5.32 Å². The van der Waals surface area contributed by atoms with Crippen LogP contribution in [0.5, 0.6) is 0 Å². The number of rotatable bonds is 9. The van der Waals surface area contributed by atoms with Crippen LogP contribution in [0.25, 0.3) is 10.7 Å². The predicted octanol–water partition coefficient (Wildman–Crippen LogP) is 5.55. The van der Waals surface area contributed by atoms with E-state index in [1.807, 2.05) is 46.4 Å². The third-order valence-corrected chi connectivity index (χ3v) is 6.64. The number of thioether (sulfide) groups is 1. The summed E-state index contributed by atoms with van der Waals surface area (Å²) in [6.45, 7) is 4.78. The summed E-state index contributed by atoms with van der Waals surface area (Å²) in [5.74, 6) is 0.916. The van der Waals surface area contributed by atoms with Gasteiger partial charge in [-0.3, -0.25) is 9.36 Å². The molecular formula is C24H21FN4OS2. The molecule has 0 saturated heterocycles. The van der Waals surface area contributed by atoms with E-state index in [4.69, 9.17) is 0 Å². The van der Waals surface area contributed by atoms with Crippen LogP contribution in [-0.2, 0) is 18.8 Å². The molecule has 1 N–H and O–H groups in total. The summed E-state index contributed by atoms with van der Waals surface area (Å²) in [6.07, 6.45) is 1.82. The zero-order valence-electron chi connectivity index (χ0n) is 17.2. The smallest absolute Gasteiger partial charge is 0.251 e. The van der Waals surface area contributed by atoms with Crippen molar-refractivity contribution in [2.75, 3.05) is 0 Å². The lowest BCUT2D eigenvalue weighted by Gasteiger charge is -2.11. The summed E-state index contributed by atoms with van der Waals surface area (Å²) < 4.78 is 15.1. The zero-order chi connectivity index (χ0) is 22.3. The molecular weight excluding hydrogens is 443 g/mol. The maximum Gasteiger partial charge on any atom is 0.251 e. The van der Waals surface area contributed by atoms with Gasteiger partial charge in [-0.15, -0.1) is 28.1 Å². The molecule has 0 spiro atoms. The molecule has 2 aromatic carbocycles. The number of thiophene rings is 1. The Labute approximate surface area is 194 Å². The number of halogens is 1. The molecule has 0 bridgehead atoms. The van der Waals surface area contributed by atoms with Gasteiger partial charge < -0.3 is 5.32 Å². The highest BCUT2D eigenvalue weighted by Crippen LogP contribution is 2.29. The molecule has 0 aliphatic rings. The van der Waals surface area contributed by atoms with Gasteiger partial charge in [0.2, 0.25) is 0 Å². The molecule has 0 unspecified atom stereocenters. The quantitative estimate of drug-likeness (QED) is 0.260. The van der Waals surface area contributed by atoms with Crippen molar-refractivity contribution < 1.29 is 9.18 Å². The molecule has 2 heterocycles. The standard InChI is InChI=1S/C24H21FN4OS2/c1-2-13-29-22(21-8-5-14-31-21)27-28-24(29)32-16-18-6-3-4-7-20(18)23(30)26-15-17-9-11-19(25)12-10-17/h2-12,14H,1,13,15-16H2,(H,26,30). The average molecular weight is 465 g/mol. The molecule has 0 saturated carbocycles. The zero-order valence-corrected chi connectivity index (χ0v) is 18.8. The summed E-state index contributed by atoms with van der Waals surface area (Å²) in [4.78, 5) is 13.9. The van der Waals surface area contributed by atoms with Gasteiger partial charge in [-0.1, -0.05) is 54.2 Å². The highest BCUT2D eigenvalue weighted by Gasteiger charge is 2.16. The van der Waals surface area contributed by atoms with Gasteiger partial charge in [0.25, 0.3) is 5.91 Å². The summed E-state index contributed by atoms with van der Waals surface area (Å²) in [7, 11) is 0. The van der Waals surface area contributed by atoms with Crippen molar-refractivity contribution in [2.24, 2.45) is 0 Å². The fraction of sp³-hybridized carbons (Fsp3) is 0.125. The molecule has 162 valence electrons. The van der Waals surface area contributed by atoms with Gasteiger partial charge in [-0.25, -0.2) is 4.39 Å². The van der Waals surface area contributed by atoms with E-state index in [0.29, 0.717) is 24.4 Å². The first-order valence-electron chi connectivity index (χ1n) is 9.97. The number of aromatic nitrogens is 3. The number of hydrogen-bond donors (Lipinski definition) is 1. The fourth-order valence-electron chi connectivity index (χ4n) is 3.17. The van der Waals surface area contributed by atoms with Gasteiger partial charge in [-0.05, 0) is 40.8 Å². The minimum Gasteiger partial charge on any atom is -0.348 e. The Balaban J connectivity index is 1.47. The van der Waals surface area contributed by atoms with Crippen molar-refractivity contribution in [3.8, 4) is 10.7 Å². The van der Waals surface area contributed by atoms with Crippen molar-refractivity contribution in [3.05, 3.63) is 101 Å². The number of hydrogen-bond acceptors (Lipinski definition) is 5. The van der Waals surface area contributed by atoms with Crippen LogP contribution in [0, 0.1) is 5.82 Å². The van der Waals surface area contributed by atoms with Crippen LogP contribution in [-0.4, -0.2) is 20.7 Å². The minimum absolute atomic E-state index is 0.169. The second-order valence-corrected chi connectivity index (χ2v) is 8.83. The molecule has 0 atom stereocenters. The molecule has 32 heavy (non-hydrogen) atoms. The van der Waals surface area contributed by atoms with Gasteiger partial charge >= 0.3 is 0 Å². The van der Waals surface area contributed by atoms with Crippen LogP contribution in [0.2, 0.25) is 0 Å². The number of allylic oxidation sites excluding steroid dienone is 1. The molecule has 0 fully saturated rings. The highest BCUT2D eigenvalue weighted by atomic mass is 32.2. The van der Waals surface area contributed by atoms with E-state index in [1.165, 1.54) is 23.9 Å². The lowest BCUT2D eigenvalue weighted by atomic mass is 10.1. The molecule has 4 aromatic rings. The monoisotopic (exact) mass is 464 g/mol. The lowest BCUT2D eigenvalue weighted by Crippen LogP contribution is -2.23. The predicted molar refractivity (Wildman–Crippen MR) is 127 cm³/mol. The van der Waals surface area contributed by atoms with Crippen LogP contribution in [0.15, 0.2) is 83.9 Å². The summed E-state index contributed by atoms with van der Waals surface area (Å²) in [5, 5.41) is 14.4. The first-order valence-corrected chi connectivity index (χ1v) is 11.8. The first-order chi connectivity index (χ1) is 15.7. The van der Waals surface area contributed by atoms with E-state index in [2.05, 4.69) is 22.1 Å². The molecule has 5 nitrogen and oxygen atoms in total. The second-order valence-electron chi connectivity index (χ2n) is 6.94. The number of nitrogens with zero attached hydrogens (tertiary/aromatic N) is 3. The van der Waals surface area contributed by atoms with E-state index in [0.717, 1.165) is 27.0 Å². The third-order valence-electron chi connectivity index (χ3n) is 4.76. The number of amides is 1. The van der Waals surface area contributed by atoms with Gasteiger partial charge in [0.15, 0.2) is 11.0 Å². The first kappa shape index (κ1) is 22.0. The Kier molecular flexibility index (Phi) is 7.14. The van der Waals surface area contributed by atoms with Crippen molar-refractivity contribution in [1.29, 1.82) is 0 Å². The topological polar surface area (TPSA) is 59.8 Å². The highest BCUT2D eigenvalue weighted by molar-refractivity contribution is 7.98. The average Bonchev–Trinajstić information content (AvgIpc) is 3.48. The Morgan fingerprint density at radius 1 is 1.12 bits per heavy atom. The SMILES string of the molecule is C=CCn1c(SCc2ccccc2C(=O)NCc2ccc(F)cc2)nnc1-c1cccs1. The van der Waals surface area contributed by atoms with Gasteiger partial charge in [0.1, 0.15) is 5.82 Å². The second kappa shape index (κ2) is 10.4. The largest absolute Gasteiger partial charge is 0.348 e. The molecule has 2 aromatic heterocycles. The van der Waals surface area contributed by atoms with E-state index in [-0.39, 0.29) is 11.7 Å². The van der Waals surface area contributed by atoms with E-state index < -0.39 is 0 Å².